The third-order valence-electron chi connectivity index (χ3n) is 5.29. The summed E-state index contributed by atoms with van der Waals surface area (Å²) >= 11 is 0. The monoisotopic (exact) mass is 452 g/mol. The van der Waals surface area contributed by atoms with Crippen molar-refractivity contribution in [2.75, 3.05) is 5.32 Å². The van der Waals surface area contributed by atoms with E-state index in [1.54, 1.807) is 0 Å². The minimum atomic E-state index is -4.30. The summed E-state index contributed by atoms with van der Waals surface area (Å²) in [5, 5.41) is 14.9. The molecule has 2 aliphatic carbocycles. The van der Waals surface area contributed by atoms with E-state index < -0.39 is 27.0 Å². The number of hydrogen-bond acceptors (Lipinski definition) is 5. The quantitative estimate of drug-likeness (QED) is 0.573. The van der Waals surface area contributed by atoms with Crippen molar-refractivity contribution in [3.05, 3.63) is 40.1 Å². The molecule has 0 saturated heterocycles. The first kappa shape index (κ1) is 25.4. The topological polar surface area (TPSA) is 130 Å². The number of aryl methyl sites for hydroxylation is 3. The number of carbonyl (C=O) groups is 2. The van der Waals surface area contributed by atoms with Crippen molar-refractivity contribution in [1.29, 1.82) is 0 Å². The predicted molar refractivity (Wildman–Crippen MR) is 114 cm³/mol. The fourth-order valence-corrected chi connectivity index (χ4v) is 4.95. The summed E-state index contributed by atoms with van der Waals surface area (Å²) in [6.45, 7) is 0. The van der Waals surface area contributed by atoms with Crippen molar-refractivity contribution in [2.24, 2.45) is 7.05 Å². The molecule has 3 N–H and O–H groups in total. The zero-order valence-electron chi connectivity index (χ0n) is 15.3. The molecule has 0 radical (unpaired) electrons. The molecule has 2 aromatic rings. The molecule has 0 spiro atoms. The van der Waals surface area contributed by atoms with Crippen LogP contribution in [0, 0.1) is 0 Å². The van der Waals surface area contributed by atoms with Crippen molar-refractivity contribution in [3.63, 3.8) is 0 Å². The number of carboxylic acid groups (broad SMARTS) is 1. The molecule has 1 aromatic heterocycles. The van der Waals surface area contributed by atoms with Gasteiger partial charge in [-0.3, -0.25) is 4.68 Å². The van der Waals surface area contributed by atoms with Gasteiger partial charge in [0.25, 0.3) is 10.0 Å². The van der Waals surface area contributed by atoms with Crippen molar-refractivity contribution >= 4 is 86.8 Å². The second-order valence-corrected chi connectivity index (χ2v) is 8.72. The Kier molecular flexibility index (Phi) is 8.23. The first-order valence-corrected chi connectivity index (χ1v) is 10.5. The Morgan fingerprint density at radius 1 is 1.03 bits per heavy atom. The number of sulfonamides is 1. The fourth-order valence-electron chi connectivity index (χ4n) is 4.05. The van der Waals surface area contributed by atoms with Gasteiger partial charge in [0.1, 0.15) is 5.69 Å². The number of hydrogen-bond donors (Lipinski definition) is 3. The Hall–Kier alpha value is -0.880. The molecule has 0 aliphatic heterocycles. The van der Waals surface area contributed by atoms with Gasteiger partial charge in [0, 0.05) is 18.8 Å². The normalized spacial score (nSPS) is 14.2. The molecule has 0 bridgehead atoms. The zero-order chi connectivity index (χ0) is 20.1. The molecule has 12 heteroatoms. The summed E-state index contributed by atoms with van der Waals surface area (Å²) in [4.78, 5) is 23.6. The van der Waals surface area contributed by atoms with Gasteiger partial charge >= 0.3 is 71.1 Å². The molecule has 0 atom stereocenters. The number of rotatable bonds is 4. The maximum atomic E-state index is 12.5. The number of carbonyl (C=O) groups excluding carboxylic acids is 1. The number of carboxylic acids is 1. The molecule has 2 amide bonds. The van der Waals surface area contributed by atoms with Crippen LogP contribution in [0.15, 0.2) is 17.2 Å². The van der Waals surface area contributed by atoms with Crippen LogP contribution < -0.4 is 10.0 Å². The van der Waals surface area contributed by atoms with Crippen LogP contribution in [0.3, 0.4) is 0 Å². The number of amides is 2. The first-order valence-electron chi connectivity index (χ1n) is 9.04. The molecular formula is C18H22N4Na2O5S. The molecule has 1 aromatic carbocycles. The number of aromatic nitrogens is 2. The van der Waals surface area contributed by atoms with Gasteiger partial charge in [-0.15, -0.1) is 0 Å². The van der Waals surface area contributed by atoms with E-state index >= 15 is 0 Å². The van der Waals surface area contributed by atoms with Crippen molar-refractivity contribution < 1.29 is 23.1 Å². The maximum absolute atomic E-state index is 12.5. The average molecular weight is 452 g/mol. The van der Waals surface area contributed by atoms with Gasteiger partial charge in [-0.1, -0.05) is 6.07 Å². The van der Waals surface area contributed by atoms with Crippen molar-refractivity contribution in [3.8, 4) is 0 Å². The Balaban J connectivity index is 0.00000160. The van der Waals surface area contributed by atoms with E-state index in [0.29, 0.717) is 0 Å². The SMILES string of the molecule is Cn1nc(S(=O)(=O)NC(=O)Nc2c3c(cc4c2CCC4)CCC3)cc1C(=O)O.[NaH].[NaH]. The van der Waals surface area contributed by atoms with Gasteiger partial charge in [-0.25, -0.2) is 14.3 Å². The van der Waals surface area contributed by atoms with Gasteiger partial charge in [0.15, 0.2) is 5.03 Å². The molecule has 9 nitrogen and oxygen atoms in total. The van der Waals surface area contributed by atoms with E-state index in [4.69, 9.17) is 5.11 Å². The Morgan fingerprint density at radius 2 is 1.60 bits per heavy atom. The van der Waals surface area contributed by atoms with Gasteiger partial charge in [0.2, 0.25) is 0 Å². The van der Waals surface area contributed by atoms with E-state index in [1.807, 2.05) is 4.72 Å². The van der Waals surface area contributed by atoms with E-state index in [1.165, 1.54) is 18.2 Å². The fraction of sp³-hybridized carbons (Fsp3) is 0.389. The Bertz CT molecular complexity index is 1080. The standard InChI is InChI=1S/C18H20N4O5S.2Na.2H/c1-22-14(17(23)24)9-15(20-22)28(26,27)21-18(25)19-16-12-6-2-4-10(12)8-11-5-3-7-13(11)16;;;;/h8-9H,2-7H2,1H3,(H,23,24)(H2,19,21,25);;;;. The first-order chi connectivity index (χ1) is 13.3. The van der Waals surface area contributed by atoms with Crippen molar-refractivity contribution in [2.45, 2.75) is 43.6 Å². The number of nitrogens with zero attached hydrogens (tertiary/aromatic N) is 2. The van der Waals surface area contributed by atoms with Crippen LogP contribution >= 0.6 is 0 Å². The van der Waals surface area contributed by atoms with Crippen LogP contribution in [-0.4, -0.2) is 94.4 Å². The third kappa shape index (κ3) is 4.79. The van der Waals surface area contributed by atoms with E-state index in [9.17, 15) is 18.0 Å². The number of anilines is 1. The molecule has 2 aliphatic rings. The summed E-state index contributed by atoms with van der Waals surface area (Å²) in [5.41, 5.74) is 5.03. The average Bonchev–Trinajstić information content (AvgIpc) is 3.32. The predicted octanol–water partition coefficient (Wildman–Crippen LogP) is 0.309. The number of benzene rings is 1. The van der Waals surface area contributed by atoms with Gasteiger partial charge < -0.3 is 10.4 Å². The number of nitrogens with one attached hydrogen (secondary N) is 2. The third-order valence-corrected chi connectivity index (χ3v) is 6.49. The van der Waals surface area contributed by atoms with Crippen LogP contribution in [0.4, 0.5) is 10.5 Å². The van der Waals surface area contributed by atoms with E-state index in [2.05, 4.69) is 16.5 Å². The zero-order valence-corrected chi connectivity index (χ0v) is 16.1. The Morgan fingerprint density at radius 3 is 2.10 bits per heavy atom. The van der Waals surface area contributed by atoms with Gasteiger partial charge in [0.05, 0.1) is 0 Å². The van der Waals surface area contributed by atoms with Crippen molar-refractivity contribution in [1.82, 2.24) is 14.5 Å². The summed E-state index contributed by atoms with van der Waals surface area (Å²) in [6.07, 6.45) is 5.66. The molecule has 0 fully saturated rings. The van der Waals surface area contributed by atoms with E-state index in [-0.39, 0.29) is 64.8 Å². The van der Waals surface area contributed by atoms with E-state index in [0.717, 1.165) is 66.1 Å². The number of urea groups is 1. The molecule has 30 heavy (non-hydrogen) atoms. The minimum absolute atomic E-state index is 0. The summed E-state index contributed by atoms with van der Waals surface area (Å²) in [7, 11) is -2.98. The second kappa shape index (κ2) is 9.72. The summed E-state index contributed by atoms with van der Waals surface area (Å²) < 4.78 is 27.8. The number of aromatic carboxylic acids is 1. The second-order valence-electron chi connectivity index (χ2n) is 7.09. The molecule has 0 unspecified atom stereocenters. The molecule has 0 saturated carbocycles. The number of fused-ring (bicyclic) bond motifs is 2. The molecule has 1 heterocycles. The van der Waals surface area contributed by atoms with Crippen LogP contribution in [0.1, 0.15) is 45.6 Å². The van der Waals surface area contributed by atoms with Crippen LogP contribution in [0.2, 0.25) is 0 Å². The van der Waals surface area contributed by atoms with Crippen LogP contribution in [0.25, 0.3) is 0 Å². The molecule has 152 valence electrons. The Labute approximate surface area is 218 Å². The molecule has 4 rings (SSSR count). The van der Waals surface area contributed by atoms with Crippen LogP contribution in [0.5, 0.6) is 0 Å². The van der Waals surface area contributed by atoms with Crippen LogP contribution in [-0.2, 0) is 42.8 Å². The summed E-state index contributed by atoms with van der Waals surface area (Å²) in [5.74, 6) is -1.31. The summed E-state index contributed by atoms with van der Waals surface area (Å²) in [6, 6.07) is 2.25. The van der Waals surface area contributed by atoms with Gasteiger partial charge in [-0.05, 0) is 60.8 Å². The van der Waals surface area contributed by atoms with Gasteiger partial charge in [-0.2, -0.15) is 13.5 Å². The molecular weight excluding hydrogens is 430 g/mol.